The highest BCUT2D eigenvalue weighted by atomic mass is 79.9. The molecule has 0 aliphatic heterocycles. The van der Waals surface area contributed by atoms with E-state index in [1.807, 2.05) is 13.8 Å². The van der Waals surface area contributed by atoms with Gasteiger partial charge in [-0.2, -0.15) is 0 Å². The Morgan fingerprint density at radius 1 is 1.33 bits per heavy atom. The molecular formula is C14H19BrFNO. The lowest BCUT2D eigenvalue weighted by molar-refractivity contribution is -0.121. The van der Waals surface area contributed by atoms with Gasteiger partial charge >= 0.3 is 0 Å². The van der Waals surface area contributed by atoms with E-state index < -0.39 is 0 Å². The zero-order chi connectivity index (χ0) is 13.9. The van der Waals surface area contributed by atoms with Crippen molar-refractivity contribution in [3.8, 4) is 0 Å². The molecule has 1 amide bonds. The van der Waals surface area contributed by atoms with E-state index in [-0.39, 0.29) is 22.5 Å². The number of rotatable bonds is 4. The van der Waals surface area contributed by atoms with E-state index in [0.29, 0.717) is 17.7 Å². The molecule has 0 aliphatic rings. The molecule has 0 aliphatic carbocycles. The molecule has 18 heavy (non-hydrogen) atoms. The van der Waals surface area contributed by atoms with Gasteiger partial charge in [0.2, 0.25) is 5.91 Å². The van der Waals surface area contributed by atoms with Crippen LogP contribution in [0.5, 0.6) is 0 Å². The second kappa shape index (κ2) is 6.32. The Bertz CT molecular complexity index is 422. The van der Waals surface area contributed by atoms with Crippen molar-refractivity contribution >= 4 is 21.8 Å². The number of hydrogen-bond acceptors (Lipinski definition) is 1. The van der Waals surface area contributed by atoms with Gasteiger partial charge in [-0.1, -0.05) is 41.9 Å². The third-order valence-electron chi connectivity index (χ3n) is 2.80. The van der Waals surface area contributed by atoms with E-state index in [0.717, 1.165) is 5.56 Å². The van der Waals surface area contributed by atoms with E-state index in [4.69, 9.17) is 0 Å². The lowest BCUT2D eigenvalue weighted by Gasteiger charge is -2.14. The van der Waals surface area contributed by atoms with Gasteiger partial charge in [0, 0.05) is 6.54 Å². The standard InChI is InChI=1S/C14H19BrFNO/c1-8(2)12(15)14(18)17-7-11-5-9(3)13(16)10(4)6-11/h5-6,8,12H,7H2,1-4H3,(H,17,18). The third-order valence-corrected chi connectivity index (χ3v) is 4.27. The van der Waals surface area contributed by atoms with Gasteiger partial charge < -0.3 is 5.32 Å². The summed E-state index contributed by atoms with van der Waals surface area (Å²) in [7, 11) is 0. The van der Waals surface area contributed by atoms with Gasteiger partial charge in [0.05, 0.1) is 4.83 Å². The van der Waals surface area contributed by atoms with E-state index in [2.05, 4.69) is 21.2 Å². The number of carbonyl (C=O) groups excluding carboxylic acids is 1. The lowest BCUT2D eigenvalue weighted by Crippen LogP contribution is -2.33. The highest BCUT2D eigenvalue weighted by Gasteiger charge is 2.18. The van der Waals surface area contributed by atoms with Crippen LogP contribution < -0.4 is 5.32 Å². The number of benzene rings is 1. The zero-order valence-electron chi connectivity index (χ0n) is 11.2. The molecule has 1 aromatic rings. The molecule has 0 spiro atoms. The fourth-order valence-electron chi connectivity index (χ4n) is 1.73. The van der Waals surface area contributed by atoms with Crippen LogP contribution in [0.1, 0.15) is 30.5 Å². The first-order valence-corrected chi connectivity index (χ1v) is 6.92. The van der Waals surface area contributed by atoms with Gasteiger partial charge in [-0.3, -0.25) is 4.79 Å². The average Bonchev–Trinajstić information content (AvgIpc) is 2.31. The highest BCUT2D eigenvalue weighted by Crippen LogP contribution is 2.15. The number of amides is 1. The minimum absolute atomic E-state index is 0.0374. The summed E-state index contributed by atoms with van der Waals surface area (Å²) in [5.41, 5.74) is 2.14. The summed E-state index contributed by atoms with van der Waals surface area (Å²) >= 11 is 3.35. The van der Waals surface area contributed by atoms with Crippen molar-refractivity contribution in [3.05, 3.63) is 34.6 Å². The topological polar surface area (TPSA) is 29.1 Å². The molecule has 0 saturated heterocycles. The lowest BCUT2D eigenvalue weighted by atomic mass is 10.1. The molecule has 1 rings (SSSR count). The van der Waals surface area contributed by atoms with Crippen LogP contribution in [-0.2, 0) is 11.3 Å². The second-order valence-corrected chi connectivity index (χ2v) is 5.89. The normalized spacial score (nSPS) is 12.6. The van der Waals surface area contributed by atoms with E-state index >= 15 is 0 Å². The summed E-state index contributed by atoms with van der Waals surface area (Å²) in [6, 6.07) is 3.53. The molecule has 0 saturated carbocycles. The number of carbonyl (C=O) groups is 1. The molecule has 0 fully saturated rings. The molecule has 0 bridgehead atoms. The monoisotopic (exact) mass is 315 g/mol. The number of aryl methyl sites for hydroxylation is 2. The van der Waals surface area contributed by atoms with Crippen LogP contribution in [0.2, 0.25) is 0 Å². The van der Waals surface area contributed by atoms with Gasteiger partial charge in [0.15, 0.2) is 0 Å². The Morgan fingerprint density at radius 3 is 2.28 bits per heavy atom. The van der Waals surface area contributed by atoms with E-state index in [1.165, 1.54) is 0 Å². The van der Waals surface area contributed by atoms with Gasteiger partial charge in [0.25, 0.3) is 0 Å². The molecule has 1 aromatic carbocycles. The van der Waals surface area contributed by atoms with Gasteiger partial charge in [-0.15, -0.1) is 0 Å². The maximum Gasteiger partial charge on any atom is 0.234 e. The van der Waals surface area contributed by atoms with Crippen molar-refractivity contribution < 1.29 is 9.18 Å². The summed E-state index contributed by atoms with van der Waals surface area (Å²) in [6.07, 6.45) is 0. The van der Waals surface area contributed by atoms with Crippen LogP contribution in [0.3, 0.4) is 0 Å². The molecule has 0 heterocycles. The minimum Gasteiger partial charge on any atom is -0.351 e. The number of halogens is 2. The summed E-state index contributed by atoms with van der Waals surface area (Å²) in [5.74, 6) is 0.0250. The van der Waals surface area contributed by atoms with Crippen molar-refractivity contribution in [3.63, 3.8) is 0 Å². The summed E-state index contributed by atoms with van der Waals surface area (Å²) < 4.78 is 13.4. The SMILES string of the molecule is Cc1cc(CNC(=O)C(Br)C(C)C)cc(C)c1F. The quantitative estimate of drug-likeness (QED) is 0.847. The first-order chi connectivity index (χ1) is 8.32. The second-order valence-electron chi connectivity index (χ2n) is 4.91. The molecule has 1 atom stereocenters. The fourth-order valence-corrected chi connectivity index (χ4v) is 1.89. The predicted octanol–water partition coefficient (Wildman–Crippen LogP) is 3.48. The van der Waals surface area contributed by atoms with Crippen molar-refractivity contribution in [2.24, 2.45) is 5.92 Å². The molecule has 4 heteroatoms. The summed E-state index contributed by atoms with van der Waals surface area (Å²) in [4.78, 5) is 11.6. The Hall–Kier alpha value is -0.900. The molecular weight excluding hydrogens is 297 g/mol. The van der Waals surface area contributed by atoms with Crippen molar-refractivity contribution in [1.82, 2.24) is 5.32 Å². The summed E-state index contributed by atoms with van der Waals surface area (Å²) in [6.45, 7) is 7.84. The van der Waals surface area contributed by atoms with Crippen LogP contribution in [0.25, 0.3) is 0 Å². The van der Waals surface area contributed by atoms with Gasteiger partial charge in [0.1, 0.15) is 5.82 Å². The van der Waals surface area contributed by atoms with E-state index in [9.17, 15) is 9.18 Å². The first kappa shape index (κ1) is 15.2. The molecule has 0 aromatic heterocycles. The number of nitrogens with one attached hydrogen (secondary N) is 1. The Morgan fingerprint density at radius 2 is 1.83 bits per heavy atom. The highest BCUT2D eigenvalue weighted by molar-refractivity contribution is 9.10. The molecule has 1 N–H and O–H groups in total. The largest absolute Gasteiger partial charge is 0.351 e. The minimum atomic E-state index is -0.194. The first-order valence-electron chi connectivity index (χ1n) is 6.00. The smallest absolute Gasteiger partial charge is 0.234 e. The maximum absolute atomic E-state index is 13.4. The number of hydrogen-bond donors (Lipinski definition) is 1. The van der Waals surface area contributed by atoms with Crippen molar-refractivity contribution in [1.29, 1.82) is 0 Å². The van der Waals surface area contributed by atoms with Crippen LogP contribution in [0.4, 0.5) is 4.39 Å². The van der Waals surface area contributed by atoms with Crippen LogP contribution in [-0.4, -0.2) is 10.7 Å². The molecule has 100 valence electrons. The maximum atomic E-state index is 13.4. The van der Waals surface area contributed by atoms with E-state index in [1.54, 1.807) is 26.0 Å². The summed E-state index contributed by atoms with van der Waals surface area (Å²) in [5, 5.41) is 2.85. The fraction of sp³-hybridized carbons (Fsp3) is 0.500. The predicted molar refractivity (Wildman–Crippen MR) is 75.3 cm³/mol. The van der Waals surface area contributed by atoms with Crippen molar-refractivity contribution in [2.75, 3.05) is 0 Å². The Balaban J connectivity index is 2.67. The molecule has 1 unspecified atom stereocenters. The molecule has 2 nitrogen and oxygen atoms in total. The number of alkyl halides is 1. The Labute approximate surface area is 116 Å². The van der Waals surface area contributed by atoms with Crippen LogP contribution in [0, 0.1) is 25.6 Å². The molecule has 0 radical (unpaired) electrons. The van der Waals surface area contributed by atoms with Crippen molar-refractivity contribution in [2.45, 2.75) is 39.1 Å². The van der Waals surface area contributed by atoms with Crippen LogP contribution in [0.15, 0.2) is 12.1 Å². The third kappa shape index (κ3) is 3.80. The van der Waals surface area contributed by atoms with Gasteiger partial charge in [-0.25, -0.2) is 4.39 Å². The average molecular weight is 316 g/mol. The zero-order valence-corrected chi connectivity index (χ0v) is 12.8. The Kier molecular flexibility index (Phi) is 5.32. The van der Waals surface area contributed by atoms with Crippen LogP contribution >= 0.6 is 15.9 Å². The van der Waals surface area contributed by atoms with Gasteiger partial charge in [-0.05, 0) is 36.5 Å².